The van der Waals surface area contributed by atoms with Gasteiger partial charge in [0.25, 0.3) is 0 Å². The van der Waals surface area contributed by atoms with Gasteiger partial charge >= 0.3 is 6.03 Å². The van der Waals surface area contributed by atoms with Crippen LogP contribution in [0, 0.1) is 0 Å². The molecular formula is C19H22N6O2S. The molecule has 4 rings (SSSR count). The number of amides is 2. The number of nitrogens with zero attached hydrogens (tertiary/aromatic N) is 4. The van der Waals surface area contributed by atoms with Crippen LogP contribution >= 0.6 is 11.3 Å². The van der Waals surface area contributed by atoms with Gasteiger partial charge in [0.2, 0.25) is 0 Å². The average molecular weight is 398 g/mol. The molecule has 0 unspecified atom stereocenters. The molecule has 0 spiro atoms. The van der Waals surface area contributed by atoms with Crippen LogP contribution in [0.1, 0.15) is 0 Å². The van der Waals surface area contributed by atoms with Crippen molar-refractivity contribution in [2.24, 2.45) is 0 Å². The van der Waals surface area contributed by atoms with Crippen molar-refractivity contribution < 1.29 is 9.53 Å². The van der Waals surface area contributed by atoms with Gasteiger partial charge in [0.15, 0.2) is 5.13 Å². The molecule has 0 saturated carbocycles. The van der Waals surface area contributed by atoms with Crippen LogP contribution in [0.4, 0.5) is 21.4 Å². The number of fused-ring (bicyclic) bond motifs is 1. The van der Waals surface area contributed by atoms with Gasteiger partial charge in [-0.1, -0.05) is 17.4 Å². The first-order valence-corrected chi connectivity index (χ1v) is 9.96. The van der Waals surface area contributed by atoms with Gasteiger partial charge < -0.3 is 10.5 Å². The molecule has 0 aliphatic carbocycles. The fourth-order valence-electron chi connectivity index (χ4n) is 3.13. The lowest BCUT2D eigenvalue weighted by atomic mass is 10.2. The number of pyridine rings is 1. The zero-order valence-corrected chi connectivity index (χ0v) is 16.2. The molecule has 1 aliphatic heterocycles. The maximum absolute atomic E-state index is 13.0. The van der Waals surface area contributed by atoms with Crippen LogP contribution in [-0.2, 0) is 4.74 Å². The van der Waals surface area contributed by atoms with Crippen molar-refractivity contribution in [2.45, 2.75) is 0 Å². The highest BCUT2D eigenvalue weighted by Gasteiger charge is 2.19. The van der Waals surface area contributed by atoms with Gasteiger partial charge in [-0.25, -0.2) is 14.8 Å². The summed E-state index contributed by atoms with van der Waals surface area (Å²) in [6.07, 6.45) is 1.65. The molecule has 1 aromatic carbocycles. The first kappa shape index (κ1) is 18.6. The van der Waals surface area contributed by atoms with Crippen LogP contribution in [0.25, 0.3) is 10.2 Å². The van der Waals surface area contributed by atoms with Gasteiger partial charge in [0.1, 0.15) is 5.82 Å². The van der Waals surface area contributed by atoms with Crippen LogP contribution in [0.5, 0.6) is 0 Å². The Balaban J connectivity index is 1.56. The second kappa shape index (κ2) is 8.51. The van der Waals surface area contributed by atoms with Crippen LogP contribution in [-0.4, -0.2) is 60.3 Å². The average Bonchev–Trinajstić information content (AvgIpc) is 3.09. The highest BCUT2D eigenvalue weighted by atomic mass is 32.1. The van der Waals surface area contributed by atoms with Gasteiger partial charge in [0.05, 0.1) is 23.4 Å². The number of hydrogen-bond acceptors (Lipinski definition) is 7. The first-order chi connectivity index (χ1) is 13.7. The van der Waals surface area contributed by atoms with E-state index in [0.717, 1.165) is 48.8 Å². The van der Waals surface area contributed by atoms with E-state index in [1.807, 2.05) is 30.3 Å². The van der Waals surface area contributed by atoms with E-state index in [1.165, 1.54) is 11.3 Å². The van der Waals surface area contributed by atoms with E-state index in [0.29, 0.717) is 17.5 Å². The van der Waals surface area contributed by atoms with E-state index in [9.17, 15) is 4.79 Å². The topological polar surface area (TPSA) is 96.6 Å². The van der Waals surface area contributed by atoms with Crippen LogP contribution in [0.3, 0.4) is 0 Å². The van der Waals surface area contributed by atoms with Crippen LogP contribution in [0.15, 0.2) is 42.6 Å². The minimum absolute atomic E-state index is 0.219. The van der Waals surface area contributed by atoms with Gasteiger partial charge in [-0.05, 0) is 30.3 Å². The van der Waals surface area contributed by atoms with E-state index >= 15 is 0 Å². The van der Waals surface area contributed by atoms with Crippen molar-refractivity contribution in [3.8, 4) is 0 Å². The van der Waals surface area contributed by atoms with Crippen molar-refractivity contribution in [1.82, 2.24) is 14.9 Å². The Kier molecular flexibility index (Phi) is 5.65. The van der Waals surface area contributed by atoms with Crippen molar-refractivity contribution >= 4 is 44.2 Å². The number of morpholine rings is 1. The van der Waals surface area contributed by atoms with Gasteiger partial charge in [-0.15, -0.1) is 0 Å². The number of carbonyl (C=O) groups excluding carboxylic acids is 1. The maximum atomic E-state index is 13.0. The number of thiazole rings is 1. The monoisotopic (exact) mass is 398 g/mol. The number of urea groups is 1. The fraction of sp³-hybridized carbons (Fsp3) is 0.316. The molecule has 9 heteroatoms. The SMILES string of the molecule is Nc1nc2ccc(N(CCN3CCOCC3)C(=O)Nc3ccccn3)cc2s1. The number of aromatic nitrogens is 2. The Morgan fingerprint density at radius 1 is 1.29 bits per heavy atom. The summed E-state index contributed by atoms with van der Waals surface area (Å²) in [6.45, 7) is 4.53. The summed E-state index contributed by atoms with van der Waals surface area (Å²) >= 11 is 1.41. The fourth-order valence-corrected chi connectivity index (χ4v) is 3.89. The zero-order chi connectivity index (χ0) is 19.3. The second-order valence-electron chi connectivity index (χ2n) is 6.45. The number of nitrogen functional groups attached to an aromatic ring is 1. The largest absolute Gasteiger partial charge is 0.379 e. The lowest BCUT2D eigenvalue weighted by molar-refractivity contribution is 0.0393. The Hall–Kier alpha value is -2.75. The van der Waals surface area contributed by atoms with E-state index < -0.39 is 0 Å². The van der Waals surface area contributed by atoms with Gasteiger partial charge in [-0.2, -0.15) is 0 Å². The molecule has 3 heterocycles. The summed E-state index contributed by atoms with van der Waals surface area (Å²) in [4.78, 5) is 25.5. The quantitative estimate of drug-likeness (QED) is 0.686. The molecule has 0 atom stereocenters. The Morgan fingerprint density at radius 3 is 2.93 bits per heavy atom. The molecule has 146 valence electrons. The molecule has 3 N–H and O–H groups in total. The summed E-state index contributed by atoms with van der Waals surface area (Å²) in [7, 11) is 0. The molecule has 8 nitrogen and oxygen atoms in total. The molecule has 1 fully saturated rings. The van der Waals surface area contributed by atoms with Gasteiger partial charge in [-0.3, -0.25) is 15.1 Å². The summed E-state index contributed by atoms with van der Waals surface area (Å²) in [5.41, 5.74) is 7.46. The molecule has 0 bridgehead atoms. The third kappa shape index (κ3) is 4.38. The molecule has 2 amide bonds. The molecule has 28 heavy (non-hydrogen) atoms. The minimum Gasteiger partial charge on any atom is -0.379 e. The minimum atomic E-state index is -0.219. The zero-order valence-electron chi connectivity index (χ0n) is 15.4. The van der Waals surface area contributed by atoms with E-state index in [1.54, 1.807) is 17.2 Å². The lowest BCUT2D eigenvalue weighted by Crippen LogP contribution is -2.44. The van der Waals surface area contributed by atoms with E-state index in [-0.39, 0.29) is 6.03 Å². The number of benzene rings is 1. The number of hydrogen-bond donors (Lipinski definition) is 2. The predicted octanol–water partition coefficient (Wildman–Crippen LogP) is 2.64. The standard InChI is InChI=1S/C19H22N6O2S/c20-18-22-15-5-4-14(13-16(15)28-18)25(8-7-24-9-11-27-12-10-24)19(26)23-17-3-1-2-6-21-17/h1-6,13H,7-12H2,(H2,20,22)(H,21,23,26). The van der Waals surface area contributed by atoms with Crippen molar-refractivity contribution in [2.75, 3.05) is 55.3 Å². The molecule has 1 aliphatic rings. The number of ether oxygens (including phenoxy) is 1. The third-order valence-electron chi connectivity index (χ3n) is 4.59. The van der Waals surface area contributed by atoms with Crippen molar-refractivity contribution in [1.29, 1.82) is 0 Å². The highest BCUT2D eigenvalue weighted by molar-refractivity contribution is 7.22. The third-order valence-corrected chi connectivity index (χ3v) is 5.44. The van der Waals surface area contributed by atoms with Gasteiger partial charge in [0, 0.05) is 38.1 Å². The lowest BCUT2D eigenvalue weighted by Gasteiger charge is -2.30. The normalized spacial score (nSPS) is 14.9. The number of rotatable bonds is 5. The van der Waals surface area contributed by atoms with Crippen molar-refractivity contribution in [3.63, 3.8) is 0 Å². The Morgan fingerprint density at radius 2 is 2.14 bits per heavy atom. The Bertz CT molecular complexity index is 942. The second-order valence-corrected chi connectivity index (χ2v) is 7.52. The highest BCUT2D eigenvalue weighted by Crippen LogP contribution is 2.28. The molecule has 3 aromatic rings. The molecular weight excluding hydrogens is 376 g/mol. The van der Waals surface area contributed by atoms with E-state index in [4.69, 9.17) is 10.5 Å². The molecule has 0 radical (unpaired) electrons. The van der Waals surface area contributed by atoms with Crippen LogP contribution in [0.2, 0.25) is 0 Å². The number of nitrogens with one attached hydrogen (secondary N) is 1. The number of carbonyl (C=O) groups is 1. The predicted molar refractivity (Wildman–Crippen MR) is 112 cm³/mol. The summed E-state index contributed by atoms with van der Waals surface area (Å²) in [5, 5.41) is 3.40. The molecule has 2 aromatic heterocycles. The number of nitrogens with two attached hydrogens (primary N) is 1. The molecule has 1 saturated heterocycles. The number of anilines is 3. The Labute approximate surface area is 166 Å². The smallest absolute Gasteiger partial charge is 0.327 e. The maximum Gasteiger partial charge on any atom is 0.327 e. The van der Waals surface area contributed by atoms with E-state index in [2.05, 4.69) is 20.2 Å². The summed E-state index contributed by atoms with van der Waals surface area (Å²) in [6, 6.07) is 11.0. The van der Waals surface area contributed by atoms with Crippen molar-refractivity contribution in [3.05, 3.63) is 42.6 Å². The first-order valence-electron chi connectivity index (χ1n) is 9.15. The summed E-state index contributed by atoms with van der Waals surface area (Å²) < 4.78 is 6.36. The van der Waals surface area contributed by atoms with Crippen LogP contribution < -0.4 is 16.0 Å². The summed E-state index contributed by atoms with van der Waals surface area (Å²) in [5.74, 6) is 0.520.